The van der Waals surface area contributed by atoms with Gasteiger partial charge in [-0.2, -0.15) is 0 Å². The van der Waals surface area contributed by atoms with Crippen LogP contribution in [0.1, 0.15) is 25.7 Å². The second-order valence-corrected chi connectivity index (χ2v) is 6.45. The van der Waals surface area contributed by atoms with E-state index >= 15 is 0 Å². The first-order valence-electron chi connectivity index (χ1n) is 6.57. The monoisotopic (exact) mass is 300 g/mol. The number of hydrogen-bond acceptors (Lipinski definition) is 3. The molecule has 0 aromatic heterocycles. The summed E-state index contributed by atoms with van der Waals surface area (Å²) in [6, 6.07) is 3.42. The summed E-state index contributed by atoms with van der Waals surface area (Å²) in [5, 5.41) is 3.04. The molecule has 0 saturated heterocycles. The highest BCUT2D eigenvalue weighted by Gasteiger charge is 2.40. The van der Waals surface area contributed by atoms with Crippen LogP contribution >= 0.6 is 11.8 Å². The van der Waals surface area contributed by atoms with Crippen LogP contribution in [0.3, 0.4) is 0 Å². The quantitative estimate of drug-likeness (QED) is 0.898. The van der Waals surface area contributed by atoms with Crippen LogP contribution in [-0.2, 0) is 4.79 Å². The van der Waals surface area contributed by atoms with Crippen LogP contribution in [0.25, 0.3) is 0 Å². The first-order valence-corrected chi connectivity index (χ1v) is 7.45. The molecule has 6 heteroatoms. The molecule has 1 saturated carbocycles. The topological polar surface area (TPSA) is 55.1 Å². The van der Waals surface area contributed by atoms with Crippen LogP contribution in [0.5, 0.6) is 0 Å². The first-order chi connectivity index (χ1) is 9.47. The Hall–Kier alpha value is -1.14. The summed E-state index contributed by atoms with van der Waals surface area (Å²) >= 11 is 1.28. The van der Waals surface area contributed by atoms with Crippen LogP contribution < -0.4 is 11.1 Å². The molecule has 0 radical (unpaired) electrons. The largest absolute Gasteiger partial charge is 0.368 e. The Kier molecular flexibility index (Phi) is 4.65. The van der Waals surface area contributed by atoms with Gasteiger partial charge in [0.05, 0.1) is 5.54 Å². The van der Waals surface area contributed by atoms with E-state index in [1.165, 1.54) is 17.8 Å². The maximum Gasteiger partial charge on any atom is 0.237 e. The maximum atomic E-state index is 13.7. The third-order valence-corrected chi connectivity index (χ3v) is 5.15. The van der Waals surface area contributed by atoms with E-state index in [0.29, 0.717) is 12.8 Å². The van der Waals surface area contributed by atoms with Gasteiger partial charge in [0.15, 0.2) is 0 Å². The van der Waals surface area contributed by atoms with Crippen molar-refractivity contribution in [1.29, 1.82) is 0 Å². The minimum atomic E-state index is -0.736. The molecule has 1 aromatic carbocycles. The van der Waals surface area contributed by atoms with Crippen molar-refractivity contribution >= 4 is 17.7 Å². The molecular formula is C14H18F2N2OS. The van der Waals surface area contributed by atoms with Crippen LogP contribution in [0.4, 0.5) is 8.78 Å². The number of likely N-dealkylation sites (N-methyl/N-ethyl adjacent to an activating group) is 1. The highest BCUT2D eigenvalue weighted by Crippen LogP contribution is 2.39. The minimum Gasteiger partial charge on any atom is -0.368 e. The average molecular weight is 300 g/mol. The van der Waals surface area contributed by atoms with Gasteiger partial charge in [-0.3, -0.25) is 4.79 Å². The normalized spacial score (nSPS) is 26.4. The number of thioether (sulfide) groups is 1. The third kappa shape index (κ3) is 3.12. The Balaban J connectivity index is 2.13. The third-order valence-electron chi connectivity index (χ3n) is 3.84. The van der Waals surface area contributed by atoms with Gasteiger partial charge in [0.1, 0.15) is 11.6 Å². The van der Waals surface area contributed by atoms with Crippen molar-refractivity contribution in [3.05, 3.63) is 29.8 Å². The van der Waals surface area contributed by atoms with E-state index in [1.54, 1.807) is 7.05 Å². The van der Waals surface area contributed by atoms with Gasteiger partial charge in [-0.15, -0.1) is 11.8 Å². The lowest BCUT2D eigenvalue weighted by molar-refractivity contribution is -0.125. The van der Waals surface area contributed by atoms with Crippen LogP contribution in [0.2, 0.25) is 0 Å². The van der Waals surface area contributed by atoms with E-state index in [9.17, 15) is 13.6 Å². The zero-order chi connectivity index (χ0) is 14.8. The van der Waals surface area contributed by atoms with Gasteiger partial charge < -0.3 is 11.1 Å². The van der Waals surface area contributed by atoms with Gasteiger partial charge in [0.25, 0.3) is 0 Å². The van der Waals surface area contributed by atoms with Gasteiger partial charge in [-0.05, 0) is 50.9 Å². The fourth-order valence-electron chi connectivity index (χ4n) is 2.65. The molecule has 1 fully saturated rings. The Morgan fingerprint density at radius 1 is 1.50 bits per heavy atom. The minimum absolute atomic E-state index is 0.0417. The smallest absolute Gasteiger partial charge is 0.237 e. The van der Waals surface area contributed by atoms with Crippen molar-refractivity contribution in [3.63, 3.8) is 0 Å². The summed E-state index contributed by atoms with van der Waals surface area (Å²) in [6.45, 7) is 0. The molecule has 3 nitrogen and oxygen atoms in total. The molecule has 0 spiro atoms. The van der Waals surface area contributed by atoms with Gasteiger partial charge in [-0.25, -0.2) is 8.78 Å². The van der Waals surface area contributed by atoms with Gasteiger partial charge >= 0.3 is 0 Å². The molecule has 20 heavy (non-hydrogen) atoms. The van der Waals surface area contributed by atoms with E-state index in [0.717, 1.165) is 25.0 Å². The molecule has 2 unspecified atom stereocenters. The van der Waals surface area contributed by atoms with Gasteiger partial charge in [0, 0.05) is 10.1 Å². The Morgan fingerprint density at radius 2 is 2.25 bits per heavy atom. The summed E-state index contributed by atoms with van der Waals surface area (Å²) in [5.74, 6) is -1.28. The number of carbonyl (C=O) groups excluding carboxylic acids is 1. The predicted octanol–water partition coefficient (Wildman–Crippen LogP) is 2.44. The average Bonchev–Trinajstić information content (AvgIpc) is 2.43. The summed E-state index contributed by atoms with van der Waals surface area (Å²) < 4.78 is 26.8. The number of benzene rings is 1. The number of nitrogens with one attached hydrogen (secondary N) is 1. The number of halogens is 2. The number of hydrogen-bond donors (Lipinski definition) is 2. The van der Waals surface area contributed by atoms with E-state index in [4.69, 9.17) is 5.73 Å². The van der Waals surface area contributed by atoms with Crippen molar-refractivity contribution < 1.29 is 13.6 Å². The van der Waals surface area contributed by atoms with Crippen molar-refractivity contribution in [2.75, 3.05) is 7.05 Å². The first kappa shape index (κ1) is 15.3. The summed E-state index contributed by atoms with van der Waals surface area (Å²) in [4.78, 5) is 11.9. The van der Waals surface area contributed by atoms with Crippen molar-refractivity contribution in [1.82, 2.24) is 5.32 Å². The standard InChI is InChI=1S/C14H18F2N2OS/c1-18-14(13(17)19)6-2-3-10(8-14)20-12-7-9(15)4-5-11(12)16/h4-5,7,10,18H,2-3,6,8H2,1H3,(H2,17,19). The summed E-state index contributed by atoms with van der Waals surface area (Å²) in [6.07, 6.45) is 2.90. The lowest BCUT2D eigenvalue weighted by Crippen LogP contribution is -2.57. The number of nitrogens with two attached hydrogens (primary N) is 1. The lowest BCUT2D eigenvalue weighted by Gasteiger charge is -2.38. The number of rotatable bonds is 4. The van der Waals surface area contributed by atoms with Crippen molar-refractivity contribution in [2.45, 2.75) is 41.4 Å². The molecule has 1 aromatic rings. The zero-order valence-corrected chi connectivity index (χ0v) is 12.1. The molecule has 1 amide bonds. The SMILES string of the molecule is CNC1(C(N)=O)CCCC(Sc2cc(F)ccc2F)C1. The molecule has 110 valence electrons. The van der Waals surface area contributed by atoms with Crippen molar-refractivity contribution in [2.24, 2.45) is 5.73 Å². The number of primary amides is 1. The van der Waals surface area contributed by atoms with Gasteiger partial charge in [-0.1, -0.05) is 0 Å². The van der Waals surface area contributed by atoms with E-state index in [1.807, 2.05) is 0 Å². The zero-order valence-electron chi connectivity index (χ0n) is 11.3. The highest BCUT2D eigenvalue weighted by molar-refractivity contribution is 8.00. The summed E-state index contributed by atoms with van der Waals surface area (Å²) in [7, 11) is 1.71. The van der Waals surface area contributed by atoms with Crippen LogP contribution in [0, 0.1) is 11.6 Å². The molecule has 3 N–H and O–H groups in total. The van der Waals surface area contributed by atoms with Crippen LogP contribution in [0.15, 0.2) is 23.1 Å². The maximum absolute atomic E-state index is 13.7. The fourth-order valence-corrected chi connectivity index (χ4v) is 4.02. The second kappa shape index (κ2) is 6.10. The van der Waals surface area contributed by atoms with E-state index < -0.39 is 17.2 Å². The predicted molar refractivity (Wildman–Crippen MR) is 75.5 cm³/mol. The Labute approximate surface area is 121 Å². The second-order valence-electron chi connectivity index (χ2n) is 5.11. The van der Waals surface area contributed by atoms with Crippen molar-refractivity contribution in [3.8, 4) is 0 Å². The van der Waals surface area contributed by atoms with E-state index in [-0.39, 0.29) is 16.1 Å². The molecule has 2 rings (SSSR count). The molecule has 0 heterocycles. The molecule has 1 aliphatic rings. The number of amides is 1. The fraction of sp³-hybridized carbons (Fsp3) is 0.500. The van der Waals surface area contributed by atoms with Crippen LogP contribution in [-0.4, -0.2) is 23.7 Å². The molecule has 1 aliphatic carbocycles. The molecule has 0 aliphatic heterocycles. The molecule has 2 atom stereocenters. The highest BCUT2D eigenvalue weighted by atomic mass is 32.2. The van der Waals surface area contributed by atoms with Gasteiger partial charge in [0.2, 0.25) is 5.91 Å². The number of carbonyl (C=O) groups is 1. The molecule has 0 bridgehead atoms. The molecular weight excluding hydrogens is 282 g/mol. The summed E-state index contributed by atoms with van der Waals surface area (Å²) in [5.41, 5.74) is 4.74. The lowest BCUT2D eigenvalue weighted by atomic mass is 9.81. The van der Waals surface area contributed by atoms with E-state index in [2.05, 4.69) is 5.32 Å². The Morgan fingerprint density at radius 3 is 2.90 bits per heavy atom. The Bertz CT molecular complexity index is 512.